The number of hydrogen-bond acceptors (Lipinski definition) is 4. The summed E-state index contributed by atoms with van der Waals surface area (Å²) in [5.74, 6) is 0.293. The number of aryl methyl sites for hydroxylation is 1. The quantitative estimate of drug-likeness (QED) is 0.822. The van der Waals surface area contributed by atoms with Crippen LogP contribution in [0.5, 0.6) is 5.75 Å². The monoisotopic (exact) mass is 362 g/mol. The summed E-state index contributed by atoms with van der Waals surface area (Å²) in [5.41, 5.74) is 1.55. The van der Waals surface area contributed by atoms with Gasteiger partial charge in [0.2, 0.25) is 15.9 Å². The number of nitrogens with one attached hydrogen (secondary N) is 1. The molecule has 7 heteroatoms. The molecule has 0 aliphatic rings. The largest absolute Gasteiger partial charge is 0.494 e. The molecule has 2 rings (SSSR count). The number of carbonyl (C=O) groups excluding carboxylic acids is 1. The van der Waals surface area contributed by atoms with Gasteiger partial charge in [0.25, 0.3) is 0 Å². The van der Waals surface area contributed by atoms with E-state index in [1.54, 1.807) is 36.4 Å². The maximum atomic E-state index is 12.5. The summed E-state index contributed by atoms with van der Waals surface area (Å²) in [6.07, 6.45) is 0. The fourth-order valence-electron chi connectivity index (χ4n) is 2.18. The van der Waals surface area contributed by atoms with E-state index in [0.717, 1.165) is 9.87 Å². The molecule has 134 valence electrons. The molecule has 0 radical (unpaired) electrons. The van der Waals surface area contributed by atoms with Gasteiger partial charge in [-0.1, -0.05) is 17.7 Å². The number of sulfonamides is 1. The van der Waals surface area contributed by atoms with E-state index in [9.17, 15) is 13.2 Å². The SMILES string of the molecule is CCOc1ccc(NC(=O)CN(C)S(=O)(=O)c2ccc(C)cc2)cc1. The third-order valence-corrected chi connectivity index (χ3v) is 5.36. The van der Waals surface area contributed by atoms with Crippen molar-refractivity contribution in [3.63, 3.8) is 0 Å². The number of nitrogens with zero attached hydrogens (tertiary/aromatic N) is 1. The van der Waals surface area contributed by atoms with E-state index in [2.05, 4.69) is 5.32 Å². The predicted molar refractivity (Wildman–Crippen MR) is 97.2 cm³/mol. The van der Waals surface area contributed by atoms with Crippen LogP contribution in [0.3, 0.4) is 0 Å². The van der Waals surface area contributed by atoms with Crippen molar-refractivity contribution in [3.05, 3.63) is 54.1 Å². The maximum absolute atomic E-state index is 12.5. The van der Waals surface area contributed by atoms with Crippen LogP contribution in [-0.2, 0) is 14.8 Å². The standard InChI is InChI=1S/C18H22N2O4S/c1-4-24-16-9-7-15(8-10-16)19-18(21)13-20(3)25(22,23)17-11-5-14(2)6-12-17/h5-12H,4,13H2,1-3H3,(H,19,21). The molecule has 0 unspecified atom stereocenters. The van der Waals surface area contributed by atoms with Crippen LogP contribution in [0.2, 0.25) is 0 Å². The Balaban J connectivity index is 2.00. The zero-order chi connectivity index (χ0) is 18.4. The molecule has 6 nitrogen and oxygen atoms in total. The lowest BCUT2D eigenvalue weighted by molar-refractivity contribution is -0.116. The van der Waals surface area contributed by atoms with E-state index in [1.165, 1.54) is 19.2 Å². The van der Waals surface area contributed by atoms with Gasteiger partial charge in [0, 0.05) is 12.7 Å². The molecule has 0 spiro atoms. The van der Waals surface area contributed by atoms with Crippen molar-refractivity contribution < 1.29 is 17.9 Å². The minimum atomic E-state index is -3.70. The average molecular weight is 362 g/mol. The highest BCUT2D eigenvalue weighted by atomic mass is 32.2. The molecule has 25 heavy (non-hydrogen) atoms. The van der Waals surface area contributed by atoms with Crippen molar-refractivity contribution in [1.82, 2.24) is 4.31 Å². The molecular weight excluding hydrogens is 340 g/mol. The molecule has 0 heterocycles. The second-order valence-electron chi connectivity index (χ2n) is 5.58. The van der Waals surface area contributed by atoms with Gasteiger partial charge >= 0.3 is 0 Å². The van der Waals surface area contributed by atoms with Crippen LogP contribution in [-0.4, -0.2) is 38.8 Å². The van der Waals surface area contributed by atoms with Crippen molar-refractivity contribution in [2.75, 3.05) is 25.5 Å². The van der Waals surface area contributed by atoms with Crippen molar-refractivity contribution in [2.45, 2.75) is 18.7 Å². The van der Waals surface area contributed by atoms with E-state index in [0.29, 0.717) is 18.0 Å². The van der Waals surface area contributed by atoms with Gasteiger partial charge in [0.15, 0.2) is 0 Å². The molecule has 0 atom stereocenters. The molecule has 0 aliphatic heterocycles. The number of ether oxygens (including phenoxy) is 1. The average Bonchev–Trinajstić information content (AvgIpc) is 2.57. The molecule has 2 aromatic rings. The first-order chi connectivity index (χ1) is 11.8. The minimum absolute atomic E-state index is 0.162. The molecule has 0 aromatic heterocycles. The summed E-state index contributed by atoms with van der Waals surface area (Å²) in [7, 11) is -2.32. The molecule has 0 bridgehead atoms. The van der Waals surface area contributed by atoms with E-state index in [-0.39, 0.29) is 11.4 Å². The van der Waals surface area contributed by atoms with E-state index in [1.807, 2.05) is 13.8 Å². The van der Waals surface area contributed by atoms with Gasteiger partial charge in [-0.05, 0) is 50.2 Å². The van der Waals surface area contributed by atoms with Crippen LogP contribution in [0.25, 0.3) is 0 Å². The molecule has 2 aromatic carbocycles. The molecule has 0 saturated heterocycles. The number of amides is 1. The first-order valence-corrected chi connectivity index (χ1v) is 9.32. The van der Waals surface area contributed by atoms with Gasteiger partial charge in [-0.2, -0.15) is 4.31 Å². The molecule has 0 aliphatic carbocycles. The minimum Gasteiger partial charge on any atom is -0.494 e. The molecule has 0 saturated carbocycles. The van der Waals surface area contributed by atoms with Gasteiger partial charge in [-0.15, -0.1) is 0 Å². The summed E-state index contributed by atoms with van der Waals surface area (Å²) in [5, 5.41) is 2.67. The lowest BCUT2D eigenvalue weighted by Gasteiger charge is -2.17. The van der Waals surface area contributed by atoms with Crippen molar-refractivity contribution in [2.24, 2.45) is 0 Å². The highest BCUT2D eigenvalue weighted by molar-refractivity contribution is 7.89. The van der Waals surface area contributed by atoms with E-state index >= 15 is 0 Å². The van der Waals surface area contributed by atoms with Crippen LogP contribution in [0.1, 0.15) is 12.5 Å². The van der Waals surface area contributed by atoms with E-state index in [4.69, 9.17) is 4.74 Å². The normalized spacial score (nSPS) is 11.4. The van der Waals surface area contributed by atoms with Crippen molar-refractivity contribution in [3.8, 4) is 5.75 Å². The Kier molecular flexibility index (Phi) is 6.17. The van der Waals surface area contributed by atoms with Gasteiger partial charge in [-0.25, -0.2) is 8.42 Å². The summed E-state index contributed by atoms with van der Waals surface area (Å²) in [4.78, 5) is 12.3. The zero-order valence-corrected chi connectivity index (χ0v) is 15.3. The number of carbonyl (C=O) groups is 1. The molecule has 1 N–H and O–H groups in total. The second-order valence-corrected chi connectivity index (χ2v) is 7.62. The number of anilines is 1. The summed E-state index contributed by atoms with van der Waals surface area (Å²) in [6.45, 7) is 4.06. The number of rotatable bonds is 7. The number of hydrogen-bond donors (Lipinski definition) is 1. The number of likely N-dealkylation sites (N-methyl/N-ethyl adjacent to an activating group) is 1. The first kappa shape index (κ1) is 19.0. The van der Waals surface area contributed by atoms with Gasteiger partial charge < -0.3 is 10.1 Å². The van der Waals surface area contributed by atoms with Crippen LogP contribution in [0.15, 0.2) is 53.4 Å². The van der Waals surface area contributed by atoms with Gasteiger partial charge in [0.1, 0.15) is 5.75 Å². The third-order valence-electron chi connectivity index (χ3n) is 3.54. The zero-order valence-electron chi connectivity index (χ0n) is 14.5. The molecule has 1 amide bonds. The van der Waals surface area contributed by atoms with Gasteiger partial charge in [0.05, 0.1) is 18.0 Å². The fourth-order valence-corrected chi connectivity index (χ4v) is 3.31. The van der Waals surface area contributed by atoms with E-state index < -0.39 is 15.9 Å². The van der Waals surface area contributed by atoms with Crippen molar-refractivity contribution >= 4 is 21.6 Å². The predicted octanol–water partition coefficient (Wildman–Crippen LogP) is 2.65. The molecular formula is C18H22N2O4S. The first-order valence-electron chi connectivity index (χ1n) is 7.88. The Morgan fingerprint density at radius 1 is 1.08 bits per heavy atom. The Bertz CT molecular complexity index is 815. The fraction of sp³-hybridized carbons (Fsp3) is 0.278. The lowest BCUT2D eigenvalue weighted by atomic mass is 10.2. The molecule has 0 fully saturated rings. The maximum Gasteiger partial charge on any atom is 0.243 e. The Morgan fingerprint density at radius 3 is 2.24 bits per heavy atom. The van der Waals surface area contributed by atoms with Crippen LogP contribution < -0.4 is 10.1 Å². The second kappa shape index (κ2) is 8.13. The smallest absolute Gasteiger partial charge is 0.243 e. The van der Waals surface area contributed by atoms with Crippen LogP contribution >= 0.6 is 0 Å². The topological polar surface area (TPSA) is 75.7 Å². The Labute approximate surface area is 148 Å². The van der Waals surface area contributed by atoms with Crippen molar-refractivity contribution in [1.29, 1.82) is 0 Å². The summed E-state index contributed by atoms with van der Waals surface area (Å²) < 4.78 is 31.3. The summed E-state index contributed by atoms with van der Waals surface area (Å²) >= 11 is 0. The lowest BCUT2D eigenvalue weighted by Crippen LogP contribution is -2.34. The van der Waals surface area contributed by atoms with Crippen LogP contribution in [0, 0.1) is 6.92 Å². The third kappa shape index (κ3) is 5.04. The summed E-state index contributed by atoms with van der Waals surface area (Å²) in [6, 6.07) is 13.4. The Hall–Kier alpha value is -2.38. The van der Waals surface area contributed by atoms with Crippen LogP contribution in [0.4, 0.5) is 5.69 Å². The number of benzene rings is 2. The van der Waals surface area contributed by atoms with Gasteiger partial charge in [-0.3, -0.25) is 4.79 Å². The Morgan fingerprint density at radius 2 is 1.68 bits per heavy atom. The highest BCUT2D eigenvalue weighted by Gasteiger charge is 2.22. The highest BCUT2D eigenvalue weighted by Crippen LogP contribution is 2.17.